The molecule has 1 atom stereocenters. The van der Waals surface area contributed by atoms with Crippen molar-refractivity contribution in [1.82, 2.24) is 19.7 Å². The maximum Gasteiger partial charge on any atom is 0.316 e. The number of fused-ring (bicyclic) bond motifs is 1. The normalized spacial score (nSPS) is 14.4. The first kappa shape index (κ1) is 22.0. The quantitative estimate of drug-likeness (QED) is 0.508. The Labute approximate surface area is 188 Å². The highest BCUT2D eigenvalue weighted by Gasteiger charge is 2.22. The van der Waals surface area contributed by atoms with Gasteiger partial charge in [0, 0.05) is 29.8 Å². The Kier molecular flexibility index (Phi) is 7.14. The third-order valence-corrected chi connectivity index (χ3v) is 6.19. The summed E-state index contributed by atoms with van der Waals surface area (Å²) in [6.07, 6.45) is 14.0. The molecule has 0 fully saturated rings. The van der Waals surface area contributed by atoms with Gasteiger partial charge < -0.3 is 9.84 Å². The molecule has 1 N–H and O–H groups in total. The molecule has 1 aliphatic rings. The second kappa shape index (κ2) is 10.4. The lowest BCUT2D eigenvalue weighted by Gasteiger charge is -2.19. The van der Waals surface area contributed by atoms with Crippen LogP contribution in [-0.4, -0.2) is 37.9 Å². The Balaban J connectivity index is 1.45. The number of rotatable bonds is 9. The van der Waals surface area contributed by atoms with Crippen molar-refractivity contribution in [2.24, 2.45) is 0 Å². The Morgan fingerprint density at radius 3 is 2.62 bits per heavy atom. The highest BCUT2D eigenvalue weighted by Crippen LogP contribution is 2.25. The van der Waals surface area contributed by atoms with Crippen LogP contribution in [-0.2, 0) is 30.5 Å². The number of hydrogen-bond acceptors (Lipinski definition) is 5. The maximum atomic E-state index is 11.5. The molecule has 0 amide bonds. The van der Waals surface area contributed by atoms with Crippen LogP contribution in [0.2, 0.25) is 0 Å². The lowest BCUT2D eigenvalue weighted by molar-refractivity contribution is -0.137. The van der Waals surface area contributed by atoms with Crippen LogP contribution in [0.4, 0.5) is 0 Å². The number of methoxy groups -OCH3 is 1. The van der Waals surface area contributed by atoms with E-state index in [1.165, 1.54) is 55.9 Å². The molecule has 3 aromatic rings. The fourth-order valence-corrected chi connectivity index (χ4v) is 4.53. The van der Waals surface area contributed by atoms with Gasteiger partial charge in [0.05, 0.1) is 19.6 Å². The number of hydrogen-bond donors (Lipinski definition) is 1. The second-order valence-corrected chi connectivity index (χ2v) is 8.40. The lowest BCUT2D eigenvalue weighted by Crippen LogP contribution is -2.19. The predicted molar refractivity (Wildman–Crippen MR) is 121 cm³/mol. The van der Waals surface area contributed by atoms with Crippen LogP contribution in [0.25, 0.3) is 0 Å². The molecular weight excluding hydrogens is 404 g/mol. The fourth-order valence-electron chi connectivity index (χ4n) is 4.53. The summed E-state index contributed by atoms with van der Waals surface area (Å²) in [5.41, 5.74) is 6.13. The topological polar surface area (TPSA) is 90.1 Å². The molecule has 1 aromatic carbocycles. The zero-order chi connectivity index (χ0) is 22.3. The first-order valence-electron chi connectivity index (χ1n) is 11.3. The Morgan fingerprint density at radius 2 is 1.88 bits per heavy atom. The SMILES string of the molecule is COc1ncc(C(CC(=O)O)n2nccc2CCCc2ccc3c(c2)CCCCC3)cn1. The van der Waals surface area contributed by atoms with Crippen molar-refractivity contribution < 1.29 is 14.6 Å². The van der Waals surface area contributed by atoms with Gasteiger partial charge in [0.1, 0.15) is 0 Å². The molecule has 7 heteroatoms. The average Bonchev–Trinajstić information content (AvgIpc) is 3.13. The largest absolute Gasteiger partial charge is 0.481 e. The van der Waals surface area contributed by atoms with E-state index in [-0.39, 0.29) is 12.4 Å². The van der Waals surface area contributed by atoms with E-state index in [1.807, 2.05) is 6.07 Å². The van der Waals surface area contributed by atoms with Gasteiger partial charge in [0.15, 0.2) is 0 Å². The average molecular weight is 435 g/mol. The molecule has 0 saturated heterocycles. The van der Waals surface area contributed by atoms with E-state index >= 15 is 0 Å². The Hall–Kier alpha value is -3.22. The van der Waals surface area contributed by atoms with E-state index in [0.717, 1.165) is 25.0 Å². The van der Waals surface area contributed by atoms with Gasteiger partial charge in [-0.3, -0.25) is 9.48 Å². The molecule has 0 bridgehead atoms. The van der Waals surface area contributed by atoms with Crippen LogP contribution >= 0.6 is 0 Å². The van der Waals surface area contributed by atoms with Gasteiger partial charge in [-0.25, -0.2) is 9.97 Å². The van der Waals surface area contributed by atoms with E-state index in [1.54, 1.807) is 23.3 Å². The highest BCUT2D eigenvalue weighted by atomic mass is 16.5. The first-order valence-corrected chi connectivity index (χ1v) is 11.3. The number of aliphatic carboxylic acids is 1. The maximum absolute atomic E-state index is 11.5. The summed E-state index contributed by atoms with van der Waals surface area (Å²) in [6, 6.07) is 8.73. The summed E-state index contributed by atoms with van der Waals surface area (Å²) in [5, 5.41) is 13.9. The smallest absolute Gasteiger partial charge is 0.316 e. The van der Waals surface area contributed by atoms with Crippen molar-refractivity contribution in [3.63, 3.8) is 0 Å². The molecule has 4 rings (SSSR count). The van der Waals surface area contributed by atoms with Gasteiger partial charge in [-0.1, -0.05) is 24.6 Å². The zero-order valence-electron chi connectivity index (χ0n) is 18.5. The van der Waals surface area contributed by atoms with Gasteiger partial charge in [-0.15, -0.1) is 0 Å². The Morgan fingerprint density at radius 1 is 1.09 bits per heavy atom. The molecule has 0 spiro atoms. The number of carbonyl (C=O) groups is 1. The molecule has 32 heavy (non-hydrogen) atoms. The molecule has 168 valence electrons. The second-order valence-electron chi connectivity index (χ2n) is 8.40. The van der Waals surface area contributed by atoms with Crippen molar-refractivity contribution in [2.45, 2.75) is 63.8 Å². The minimum absolute atomic E-state index is 0.0881. The number of carboxylic acid groups (broad SMARTS) is 1. The van der Waals surface area contributed by atoms with E-state index in [9.17, 15) is 9.90 Å². The van der Waals surface area contributed by atoms with E-state index in [0.29, 0.717) is 5.56 Å². The summed E-state index contributed by atoms with van der Waals surface area (Å²) in [4.78, 5) is 19.8. The van der Waals surface area contributed by atoms with Crippen molar-refractivity contribution >= 4 is 5.97 Å². The van der Waals surface area contributed by atoms with Crippen LogP contribution in [0.1, 0.15) is 66.1 Å². The number of nitrogens with zero attached hydrogens (tertiary/aromatic N) is 4. The molecule has 0 saturated carbocycles. The van der Waals surface area contributed by atoms with Crippen molar-refractivity contribution in [3.05, 3.63) is 70.8 Å². The summed E-state index contributed by atoms with van der Waals surface area (Å²) >= 11 is 0. The summed E-state index contributed by atoms with van der Waals surface area (Å²) in [5.74, 6) is -0.891. The molecule has 2 heterocycles. The molecule has 7 nitrogen and oxygen atoms in total. The molecule has 1 aliphatic carbocycles. The minimum atomic E-state index is -0.891. The van der Waals surface area contributed by atoms with E-state index < -0.39 is 12.0 Å². The van der Waals surface area contributed by atoms with E-state index in [2.05, 4.69) is 33.3 Å². The van der Waals surface area contributed by atoms with Crippen LogP contribution in [0, 0.1) is 0 Å². The number of aryl methyl sites for hydroxylation is 4. The molecule has 0 radical (unpaired) electrons. The number of benzene rings is 1. The van der Waals surface area contributed by atoms with Crippen LogP contribution < -0.4 is 4.74 Å². The van der Waals surface area contributed by atoms with Crippen LogP contribution in [0.3, 0.4) is 0 Å². The Bertz CT molecular complexity index is 1050. The summed E-state index contributed by atoms with van der Waals surface area (Å²) < 4.78 is 6.82. The predicted octanol–water partition coefficient (Wildman–Crippen LogP) is 4.19. The highest BCUT2D eigenvalue weighted by molar-refractivity contribution is 5.68. The fraction of sp³-hybridized carbons (Fsp3) is 0.440. The van der Waals surface area contributed by atoms with Gasteiger partial charge in [0.25, 0.3) is 0 Å². The molecular formula is C25H30N4O3. The minimum Gasteiger partial charge on any atom is -0.481 e. The van der Waals surface area contributed by atoms with Gasteiger partial charge in [-0.2, -0.15) is 5.10 Å². The van der Waals surface area contributed by atoms with Crippen LogP contribution in [0.15, 0.2) is 42.9 Å². The molecule has 2 aromatic heterocycles. The number of ether oxygens (including phenoxy) is 1. The summed E-state index contributed by atoms with van der Waals surface area (Å²) in [6.45, 7) is 0. The number of carboxylic acids is 1. The van der Waals surface area contributed by atoms with Gasteiger partial charge in [0.2, 0.25) is 0 Å². The summed E-state index contributed by atoms with van der Waals surface area (Å²) in [7, 11) is 1.50. The monoisotopic (exact) mass is 434 g/mol. The van der Waals surface area contributed by atoms with Crippen molar-refractivity contribution in [3.8, 4) is 6.01 Å². The van der Waals surface area contributed by atoms with Crippen molar-refractivity contribution in [2.75, 3.05) is 7.11 Å². The van der Waals surface area contributed by atoms with Gasteiger partial charge in [-0.05, 0) is 67.7 Å². The third kappa shape index (κ3) is 5.33. The van der Waals surface area contributed by atoms with Crippen LogP contribution in [0.5, 0.6) is 6.01 Å². The molecule has 1 unspecified atom stereocenters. The lowest BCUT2D eigenvalue weighted by atomic mass is 9.97. The van der Waals surface area contributed by atoms with Crippen molar-refractivity contribution in [1.29, 1.82) is 0 Å². The first-order chi connectivity index (χ1) is 15.6. The number of aromatic nitrogens is 4. The zero-order valence-corrected chi connectivity index (χ0v) is 18.5. The van der Waals surface area contributed by atoms with E-state index in [4.69, 9.17) is 4.74 Å². The standard InChI is InChI=1S/C25H30N4O3/c1-32-25-26-16-21(17-27-25)23(15-24(30)31)29-22(12-13-28-29)9-5-6-18-10-11-19-7-3-2-4-8-20(19)14-18/h10-14,16-17,23H,2-9,15H2,1H3,(H,30,31). The molecule has 0 aliphatic heterocycles. The third-order valence-electron chi connectivity index (χ3n) is 6.19. The van der Waals surface area contributed by atoms with Gasteiger partial charge >= 0.3 is 12.0 Å².